The number of ether oxygens (including phenoxy) is 1. The maximum Gasteiger partial charge on any atom is 0.181 e. The molecule has 0 atom stereocenters. The Morgan fingerprint density at radius 2 is 1.73 bits per heavy atom. The number of aryl methyl sites for hydroxylation is 2. The SMILES string of the molecule is Cc1cc2c(cc1C)O/C=C\C(=O)/C=C\2. The van der Waals surface area contributed by atoms with Crippen LogP contribution >= 0.6 is 0 Å². The van der Waals surface area contributed by atoms with Gasteiger partial charge < -0.3 is 4.74 Å². The maximum atomic E-state index is 11.1. The zero-order valence-corrected chi connectivity index (χ0v) is 8.78. The first-order valence-corrected chi connectivity index (χ1v) is 4.83. The number of hydrogen-bond donors (Lipinski definition) is 0. The minimum atomic E-state index is -0.0566. The average molecular weight is 200 g/mol. The van der Waals surface area contributed by atoms with Gasteiger partial charge in [0.2, 0.25) is 0 Å². The van der Waals surface area contributed by atoms with Crippen LogP contribution < -0.4 is 4.74 Å². The Kier molecular flexibility index (Phi) is 2.42. The molecule has 1 aromatic rings. The summed E-state index contributed by atoms with van der Waals surface area (Å²) in [4.78, 5) is 11.1. The summed E-state index contributed by atoms with van der Waals surface area (Å²) in [7, 11) is 0. The van der Waals surface area contributed by atoms with Gasteiger partial charge in [0, 0.05) is 11.6 Å². The van der Waals surface area contributed by atoms with Gasteiger partial charge >= 0.3 is 0 Å². The van der Waals surface area contributed by atoms with Crippen molar-refractivity contribution in [1.82, 2.24) is 0 Å². The van der Waals surface area contributed by atoms with Crippen molar-refractivity contribution in [2.24, 2.45) is 0 Å². The maximum absolute atomic E-state index is 11.1. The number of benzene rings is 1. The summed E-state index contributed by atoms with van der Waals surface area (Å²) in [6.07, 6.45) is 6.17. The minimum Gasteiger partial charge on any atom is -0.464 e. The first-order valence-electron chi connectivity index (χ1n) is 4.83. The molecule has 0 unspecified atom stereocenters. The number of carbonyl (C=O) groups is 1. The van der Waals surface area contributed by atoms with Crippen LogP contribution in [-0.4, -0.2) is 5.78 Å². The van der Waals surface area contributed by atoms with Crippen LogP contribution in [0.25, 0.3) is 6.08 Å². The second-order valence-electron chi connectivity index (χ2n) is 3.63. The molecule has 1 heterocycles. The Morgan fingerprint density at radius 3 is 2.53 bits per heavy atom. The summed E-state index contributed by atoms with van der Waals surface area (Å²) >= 11 is 0. The van der Waals surface area contributed by atoms with Crippen LogP contribution in [0.15, 0.2) is 30.5 Å². The van der Waals surface area contributed by atoms with Crippen LogP contribution in [-0.2, 0) is 4.79 Å². The first-order chi connectivity index (χ1) is 7.16. The van der Waals surface area contributed by atoms with Crippen LogP contribution in [0.5, 0.6) is 5.75 Å². The van der Waals surface area contributed by atoms with Gasteiger partial charge in [-0.25, -0.2) is 0 Å². The molecule has 0 saturated carbocycles. The fourth-order valence-corrected chi connectivity index (χ4v) is 1.45. The first kappa shape index (κ1) is 9.71. The minimum absolute atomic E-state index is 0.0566. The average Bonchev–Trinajstić information content (AvgIpc) is 2.18. The summed E-state index contributed by atoms with van der Waals surface area (Å²) in [6.45, 7) is 4.08. The molecule has 0 saturated heterocycles. The predicted octanol–water partition coefficient (Wildman–Crippen LogP) is 2.79. The van der Waals surface area contributed by atoms with Gasteiger partial charge in [-0.3, -0.25) is 4.79 Å². The van der Waals surface area contributed by atoms with Crippen LogP contribution in [0.2, 0.25) is 0 Å². The third-order valence-corrected chi connectivity index (χ3v) is 2.48. The van der Waals surface area contributed by atoms with Crippen LogP contribution in [0.3, 0.4) is 0 Å². The van der Waals surface area contributed by atoms with E-state index in [0.717, 1.165) is 11.3 Å². The molecule has 0 N–H and O–H groups in total. The summed E-state index contributed by atoms with van der Waals surface area (Å²) < 4.78 is 5.38. The number of hydrogen-bond acceptors (Lipinski definition) is 2. The van der Waals surface area contributed by atoms with Crippen molar-refractivity contribution in [2.45, 2.75) is 13.8 Å². The second-order valence-corrected chi connectivity index (χ2v) is 3.63. The van der Waals surface area contributed by atoms with E-state index in [0.29, 0.717) is 0 Å². The van der Waals surface area contributed by atoms with E-state index in [2.05, 4.69) is 0 Å². The monoisotopic (exact) mass is 200 g/mol. The standard InChI is InChI=1S/C13H12O2/c1-9-7-11-3-4-12(14)5-6-15-13(11)8-10(9)2/h3-8H,1-2H3/b4-3-,6-5-. The zero-order valence-electron chi connectivity index (χ0n) is 8.78. The van der Waals surface area contributed by atoms with Crippen molar-refractivity contribution in [3.05, 3.63) is 47.2 Å². The number of carbonyl (C=O) groups excluding carboxylic acids is 1. The molecule has 76 valence electrons. The van der Waals surface area contributed by atoms with E-state index >= 15 is 0 Å². The Morgan fingerprint density at radius 1 is 1.00 bits per heavy atom. The molecule has 2 nitrogen and oxygen atoms in total. The number of rotatable bonds is 0. The van der Waals surface area contributed by atoms with Crippen molar-refractivity contribution < 1.29 is 9.53 Å². The van der Waals surface area contributed by atoms with E-state index in [1.54, 1.807) is 12.2 Å². The summed E-state index contributed by atoms with van der Waals surface area (Å²) in [5.41, 5.74) is 3.32. The van der Waals surface area contributed by atoms with Crippen LogP contribution in [0.4, 0.5) is 0 Å². The highest BCUT2D eigenvalue weighted by atomic mass is 16.5. The number of ketones is 1. The smallest absolute Gasteiger partial charge is 0.181 e. The summed E-state index contributed by atoms with van der Waals surface area (Å²) in [5.74, 6) is 0.733. The fraction of sp³-hybridized carbons (Fsp3) is 0.154. The molecule has 2 rings (SSSR count). The van der Waals surface area contributed by atoms with E-state index in [9.17, 15) is 4.79 Å². The lowest BCUT2D eigenvalue weighted by Gasteiger charge is -2.10. The molecule has 1 aliphatic heterocycles. The van der Waals surface area contributed by atoms with Gasteiger partial charge in [0.1, 0.15) is 5.75 Å². The number of fused-ring (bicyclic) bond motifs is 1. The second kappa shape index (κ2) is 3.73. The van der Waals surface area contributed by atoms with Gasteiger partial charge in [-0.2, -0.15) is 0 Å². The quantitative estimate of drug-likeness (QED) is 0.643. The lowest BCUT2D eigenvalue weighted by Crippen LogP contribution is -1.95. The molecule has 15 heavy (non-hydrogen) atoms. The van der Waals surface area contributed by atoms with Crippen molar-refractivity contribution in [2.75, 3.05) is 0 Å². The zero-order chi connectivity index (χ0) is 10.8. The van der Waals surface area contributed by atoms with E-state index in [-0.39, 0.29) is 5.78 Å². The topological polar surface area (TPSA) is 26.3 Å². The molecule has 0 spiro atoms. The van der Waals surface area contributed by atoms with Gasteiger partial charge in [0.05, 0.1) is 6.26 Å². The van der Waals surface area contributed by atoms with Crippen molar-refractivity contribution in [3.8, 4) is 5.75 Å². The third kappa shape index (κ3) is 1.99. The molecule has 2 heteroatoms. The van der Waals surface area contributed by atoms with Crippen molar-refractivity contribution >= 4 is 11.9 Å². The van der Waals surface area contributed by atoms with E-state index < -0.39 is 0 Å². The van der Waals surface area contributed by atoms with Gasteiger partial charge in [-0.05, 0) is 49.3 Å². The molecule has 0 fully saturated rings. The highest BCUT2D eigenvalue weighted by Crippen LogP contribution is 2.25. The Balaban J connectivity index is 2.54. The third-order valence-electron chi connectivity index (χ3n) is 2.48. The Labute approximate surface area is 88.9 Å². The molecular weight excluding hydrogens is 188 g/mol. The van der Waals surface area contributed by atoms with Gasteiger partial charge in [0.25, 0.3) is 0 Å². The molecule has 0 aromatic heterocycles. The van der Waals surface area contributed by atoms with E-state index in [1.165, 1.54) is 23.5 Å². The molecule has 0 bridgehead atoms. The van der Waals surface area contributed by atoms with Crippen LogP contribution in [0.1, 0.15) is 16.7 Å². The molecule has 1 aromatic carbocycles. The van der Waals surface area contributed by atoms with Crippen molar-refractivity contribution in [3.63, 3.8) is 0 Å². The molecule has 0 amide bonds. The highest BCUT2D eigenvalue weighted by molar-refractivity contribution is 6.02. The lowest BCUT2D eigenvalue weighted by molar-refractivity contribution is -0.110. The summed E-state index contributed by atoms with van der Waals surface area (Å²) in [5, 5.41) is 0. The van der Waals surface area contributed by atoms with Gasteiger partial charge in [-0.1, -0.05) is 0 Å². The van der Waals surface area contributed by atoms with Crippen LogP contribution in [0, 0.1) is 13.8 Å². The fourth-order valence-electron chi connectivity index (χ4n) is 1.45. The van der Waals surface area contributed by atoms with Gasteiger partial charge in [-0.15, -0.1) is 0 Å². The lowest BCUT2D eigenvalue weighted by atomic mass is 10.0. The Hall–Kier alpha value is -1.83. The Bertz CT molecular complexity index is 468. The van der Waals surface area contributed by atoms with Gasteiger partial charge in [0.15, 0.2) is 5.78 Å². The normalized spacial score (nSPS) is 18.4. The molecule has 0 aliphatic carbocycles. The largest absolute Gasteiger partial charge is 0.464 e. The summed E-state index contributed by atoms with van der Waals surface area (Å²) in [6, 6.07) is 4.00. The molecule has 1 aliphatic rings. The predicted molar refractivity (Wildman–Crippen MR) is 59.7 cm³/mol. The highest BCUT2D eigenvalue weighted by Gasteiger charge is 2.05. The molecule has 0 radical (unpaired) electrons. The van der Waals surface area contributed by atoms with E-state index in [4.69, 9.17) is 4.74 Å². The van der Waals surface area contributed by atoms with Crippen molar-refractivity contribution in [1.29, 1.82) is 0 Å². The molecular formula is C13H12O2. The number of allylic oxidation sites excluding steroid dienone is 2. The van der Waals surface area contributed by atoms with E-state index in [1.807, 2.05) is 26.0 Å².